The monoisotopic (exact) mass is 412 g/mol. The van der Waals surface area contributed by atoms with Gasteiger partial charge in [0.25, 0.3) is 0 Å². The van der Waals surface area contributed by atoms with Crippen molar-refractivity contribution in [2.24, 2.45) is 4.99 Å². The number of guanidine groups is 1. The van der Waals surface area contributed by atoms with Crippen molar-refractivity contribution in [3.8, 4) is 11.5 Å². The maximum atomic E-state index is 12.5. The van der Waals surface area contributed by atoms with E-state index in [4.69, 9.17) is 4.74 Å². The van der Waals surface area contributed by atoms with Crippen LogP contribution in [0.15, 0.2) is 23.2 Å². The van der Waals surface area contributed by atoms with Crippen molar-refractivity contribution in [2.75, 3.05) is 32.8 Å². The van der Waals surface area contributed by atoms with E-state index >= 15 is 0 Å². The maximum absolute atomic E-state index is 12.5. The topological polar surface area (TPSA) is 75.2 Å². The summed E-state index contributed by atoms with van der Waals surface area (Å²) < 4.78 is 34.9. The third-order valence-electron chi connectivity index (χ3n) is 4.36. The third-order valence-corrected chi connectivity index (χ3v) is 4.36. The summed E-state index contributed by atoms with van der Waals surface area (Å²) in [6, 6.07) is 4.81. The van der Waals surface area contributed by atoms with E-state index in [2.05, 4.69) is 20.4 Å². The number of nitrogens with zero attached hydrogens (tertiary/aromatic N) is 2. The van der Waals surface area contributed by atoms with Gasteiger partial charge in [-0.1, -0.05) is 6.07 Å². The minimum atomic E-state index is -2.90. The lowest BCUT2D eigenvalue weighted by molar-refractivity contribution is -0.127. The van der Waals surface area contributed by atoms with Crippen LogP contribution in [-0.2, 0) is 11.3 Å². The number of benzene rings is 1. The molecule has 0 atom stereocenters. The van der Waals surface area contributed by atoms with Gasteiger partial charge in [-0.2, -0.15) is 8.78 Å². The van der Waals surface area contributed by atoms with Gasteiger partial charge in [-0.25, -0.2) is 4.99 Å². The highest BCUT2D eigenvalue weighted by atomic mass is 19.3. The second-order valence-corrected chi connectivity index (χ2v) is 6.55. The number of carbonyl (C=O) groups excluding carboxylic acids is 1. The molecular weight excluding hydrogens is 382 g/mol. The molecule has 9 heteroatoms. The average molecular weight is 412 g/mol. The van der Waals surface area contributed by atoms with Gasteiger partial charge >= 0.3 is 6.61 Å². The summed E-state index contributed by atoms with van der Waals surface area (Å²) in [4.78, 5) is 18.1. The van der Waals surface area contributed by atoms with Crippen LogP contribution in [0.4, 0.5) is 8.78 Å². The fourth-order valence-corrected chi connectivity index (χ4v) is 3.04. The van der Waals surface area contributed by atoms with E-state index in [1.807, 2.05) is 11.8 Å². The van der Waals surface area contributed by atoms with Crippen LogP contribution < -0.4 is 20.1 Å². The lowest BCUT2D eigenvalue weighted by Crippen LogP contribution is -2.39. The first-order valence-electron chi connectivity index (χ1n) is 10.0. The molecule has 0 aromatic heterocycles. The molecule has 7 nitrogen and oxygen atoms in total. The zero-order chi connectivity index (χ0) is 21.1. The molecule has 162 valence electrons. The van der Waals surface area contributed by atoms with Crippen LogP contribution in [0.25, 0.3) is 0 Å². The van der Waals surface area contributed by atoms with Crippen LogP contribution in [-0.4, -0.2) is 56.2 Å². The molecule has 1 aliphatic rings. The van der Waals surface area contributed by atoms with Crippen LogP contribution in [0.5, 0.6) is 11.5 Å². The maximum Gasteiger partial charge on any atom is 0.387 e. The summed E-state index contributed by atoms with van der Waals surface area (Å²) in [5.41, 5.74) is 0.815. The number of rotatable bonds is 11. The van der Waals surface area contributed by atoms with Crippen molar-refractivity contribution in [3.63, 3.8) is 0 Å². The molecular formula is C20H30F2N4O3. The number of hydrogen-bond acceptors (Lipinski definition) is 4. The Morgan fingerprint density at radius 2 is 2.10 bits per heavy atom. The second kappa shape index (κ2) is 12.1. The smallest absolute Gasteiger partial charge is 0.387 e. The van der Waals surface area contributed by atoms with Gasteiger partial charge in [-0.15, -0.1) is 0 Å². The molecule has 1 aromatic rings. The Bertz CT molecular complexity index is 686. The van der Waals surface area contributed by atoms with E-state index in [9.17, 15) is 13.6 Å². The molecule has 1 saturated heterocycles. The molecule has 1 fully saturated rings. The van der Waals surface area contributed by atoms with Crippen LogP contribution in [0, 0.1) is 0 Å². The molecule has 1 aromatic carbocycles. The predicted molar refractivity (Wildman–Crippen MR) is 107 cm³/mol. The fraction of sp³-hybridized carbons (Fsp3) is 0.600. The predicted octanol–water partition coefficient (Wildman–Crippen LogP) is 2.75. The second-order valence-electron chi connectivity index (χ2n) is 6.55. The number of nitrogens with one attached hydrogen (secondary N) is 2. The zero-order valence-corrected chi connectivity index (χ0v) is 17.0. The van der Waals surface area contributed by atoms with Crippen molar-refractivity contribution in [1.82, 2.24) is 15.5 Å². The number of carbonyl (C=O) groups is 1. The van der Waals surface area contributed by atoms with Gasteiger partial charge in [0.1, 0.15) is 0 Å². The standard InChI is InChI=1S/C20H30F2N4O3/c1-3-23-20(24-10-6-12-26-11-5-7-18(26)27)25-14-15-8-9-16(29-19(21)22)17(13-15)28-4-2/h8-9,13,19H,3-7,10-12,14H2,1-2H3,(H2,23,24,25). The minimum absolute atomic E-state index is 0.0103. The third kappa shape index (κ3) is 7.75. The first-order valence-corrected chi connectivity index (χ1v) is 10.0. The van der Waals surface area contributed by atoms with E-state index in [0.29, 0.717) is 38.6 Å². The van der Waals surface area contributed by atoms with Gasteiger partial charge in [-0.3, -0.25) is 4.79 Å². The van der Waals surface area contributed by atoms with Gasteiger partial charge in [0, 0.05) is 32.6 Å². The van der Waals surface area contributed by atoms with Gasteiger partial charge in [-0.05, 0) is 44.4 Å². The van der Waals surface area contributed by atoms with Gasteiger partial charge < -0.3 is 25.0 Å². The van der Waals surface area contributed by atoms with Crippen molar-refractivity contribution in [1.29, 1.82) is 0 Å². The summed E-state index contributed by atoms with van der Waals surface area (Å²) in [5.74, 6) is 1.17. The Morgan fingerprint density at radius 1 is 1.28 bits per heavy atom. The highest BCUT2D eigenvalue weighted by Gasteiger charge is 2.19. The Kier molecular flexibility index (Phi) is 9.46. The minimum Gasteiger partial charge on any atom is -0.490 e. The van der Waals surface area contributed by atoms with Crippen molar-refractivity contribution >= 4 is 11.9 Å². The Balaban J connectivity index is 1.90. The molecule has 0 saturated carbocycles. The quantitative estimate of drug-likeness (QED) is 0.332. The largest absolute Gasteiger partial charge is 0.490 e. The van der Waals surface area contributed by atoms with Gasteiger partial charge in [0.2, 0.25) is 5.91 Å². The molecule has 1 aliphatic heterocycles. The highest BCUT2D eigenvalue weighted by Crippen LogP contribution is 2.30. The Labute approximate surface area is 170 Å². The first kappa shape index (κ1) is 22.7. The zero-order valence-electron chi connectivity index (χ0n) is 17.0. The molecule has 0 spiro atoms. The number of likely N-dealkylation sites (tertiary alicyclic amines) is 1. The number of hydrogen-bond donors (Lipinski definition) is 2. The van der Waals surface area contributed by atoms with E-state index < -0.39 is 6.61 Å². The molecule has 2 N–H and O–H groups in total. The Hall–Kier alpha value is -2.58. The molecule has 0 unspecified atom stereocenters. The molecule has 0 aliphatic carbocycles. The van der Waals surface area contributed by atoms with Gasteiger partial charge in [0.05, 0.1) is 13.2 Å². The molecule has 1 amide bonds. The molecule has 1 heterocycles. The Morgan fingerprint density at radius 3 is 2.76 bits per heavy atom. The first-order chi connectivity index (χ1) is 14.0. The number of halogens is 2. The molecule has 29 heavy (non-hydrogen) atoms. The van der Waals surface area contributed by atoms with Crippen LogP contribution >= 0.6 is 0 Å². The van der Waals surface area contributed by atoms with Crippen LogP contribution in [0.3, 0.4) is 0 Å². The van der Waals surface area contributed by atoms with E-state index in [1.165, 1.54) is 6.07 Å². The lowest BCUT2D eigenvalue weighted by Gasteiger charge is -2.16. The summed E-state index contributed by atoms with van der Waals surface area (Å²) in [7, 11) is 0. The van der Waals surface area contributed by atoms with E-state index in [-0.39, 0.29) is 17.4 Å². The highest BCUT2D eigenvalue weighted by molar-refractivity contribution is 5.80. The molecule has 0 bridgehead atoms. The fourth-order valence-electron chi connectivity index (χ4n) is 3.04. The average Bonchev–Trinajstić information content (AvgIpc) is 3.09. The van der Waals surface area contributed by atoms with Crippen molar-refractivity contribution < 1.29 is 23.0 Å². The van der Waals surface area contributed by atoms with Crippen LogP contribution in [0.1, 0.15) is 38.7 Å². The summed E-state index contributed by atoms with van der Waals surface area (Å²) in [6.45, 7) is 4.55. The van der Waals surface area contributed by atoms with Gasteiger partial charge in [0.15, 0.2) is 17.5 Å². The summed E-state index contributed by atoms with van der Waals surface area (Å²) in [6.07, 6.45) is 2.44. The number of alkyl halides is 2. The summed E-state index contributed by atoms with van der Waals surface area (Å²) >= 11 is 0. The van der Waals surface area contributed by atoms with E-state index in [1.54, 1.807) is 19.1 Å². The normalized spacial score (nSPS) is 14.4. The van der Waals surface area contributed by atoms with E-state index in [0.717, 1.165) is 31.5 Å². The lowest BCUT2D eigenvalue weighted by atomic mass is 10.2. The number of ether oxygens (including phenoxy) is 2. The SMILES string of the molecule is CCNC(=NCc1ccc(OC(F)F)c(OCC)c1)NCCCN1CCCC1=O. The number of amides is 1. The number of aliphatic imine (C=N–C) groups is 1. The summed E-state index contributed by atoms with van der Waals surface area (Å²) in [5, 5.41) is 6.42. The van der Waals surface area contributed by atoms with Crippen molar-refractivity contribution in [3.05, 3.63) is 23.8 Å². The molecule has 2 rings (SSSR count). The van der Waals surface area contributed by atoms with Crippen LogP contribution in [0.2, 0.25) is 0 Å². The molecule has 0 radical (unpaired) electrons. The van der Waals surface area contributed by atoms with Crippen molar-refractivity contribution in [2.45, 2.75) is 46.3 Å².